The van der Waals surface area contributed by atoms with Crippen molar-refractivity contribution in [2.75, 3.05) is 11.9 Å². The molecule has 1 aliphatic rings. The summed E-state index contributed by atoms with van der Waals surface area (Å²) >= 11 is 6.03. The first kappa shape index (κ1) is 12.7. The zero-order valence-electron chi connectivity index (χ0n) is 10.5. The Kier molecular flexibility index (Phi) is 4.30. The predicted molar refractivity (Wildman–Crippen MR) is 72.9 cm³/mol. The lowest BCUT2D eigenvalue weighted by molar-refractivity contribution is 0.00925. The zero-order valence-corrected chi connectivity index (χ0v) is 11.3. The van der Waals surface area contributed by atoms with E-state index in [1.54, 1.807) is 0 Å². The maximum Gasteiger partial charge on any atom is 0.0592 e. The summed E-state index contributed by atoms with van der Waals surface area (Å²) in [4.78, 5) is 0. The molecule has 1 aliphatic heterocycles. The van der Waals surface area contributed by atoms with Gasteiger partial charge < -0.3 is 10.1 Å². The van der Waals surface area contributed by atoms with Crippen molar-refractivity contribution in [3.8, 4) is 0 Å². The van der Waals surface area contributed by atoms with Crippen molar-refractivity contribution in [1.29, 1.82) is 0 Å². The van der Waals surface area contributed by atoms with E-state index in [9.17, 15) is 0 Å². The van der Waals surface area contributed by atoms with Crippen molar-refractivity contribution in [1.82, 2.24) is 0 Å². The summed E-state index contributed by atoms with van der Waals surface area (Å²) in [5.41, 5.74) is 2.40. The van der Waals surface area contributed by atoms with Gasteiger partial charge in [-0.05, 0) is 43.9 Å². The van der Waals surface area contributed by atoms with Gasteiger partial charge in [-0.2, -0.15) is 0 Å². The molecule has 0 amide bonds. The van der Waals surface area contributed by atoms with Gasteiger partial charge in [0.2, 0.25) is 0 Å². The second-order valence-electron chi connectivity index (χ2n) is 4.73. The van der Waals surface area contributed by atoms with Gasteiger partial charge in [-0.3, -0.25) is 0 Å². The van der Waals surface area contributed by atoms with Crippen LogP contribution in [0.4, 0.5) is 5.69 Å². The Morgan fingerprint density at radius 2 is 2.29 bits per heavy atom. The van der Waals surface area contributed by atoms with E-state index in [0.29, 0.717) is 12.1 Å². The molecule has 1 aromatic carbocycles. The number of aryl methyl sites for hydroxylation is 1. The minimum atomic E-state index is 0.403. The summed E-state index contributed by atoms with van der Waals surface area (Å²) in [6, 6.07) is 6.50. The van der Waals surface area contributed by atoms with Gasteiger partial charge in [0.15, 0.2) is 0 Å². The second-order valence-corrected chi connectivity index (χ2v) is 5.16. The van der Waals surface area contributed by atoms with Crippen LogP contribution in [0.1, 0.15) is 31.7 Å². The van der Waals surface area contributed by atoms with Crippen LogP contribution >= 0.6 is 11.6 Å². The maximum atomic E-state index is 6.03. The molecule has 2 atom stereocenters. The van der Waals surface area contributed by atoms with Gasteiger partial charge >= 0.3 is 0 Å². The summed E-state index contributed by atoms with van der Waals surface area (Å²) in [5, 5.41) is 4.38. The molecule has 3 heteroatoms. The number of nitrogens with one attached hydrogen (secondary N) is 1. The summed E-state index contributed by atoms with van der Waals surface area (Å²) in [5.74, 6) is 0. The van der Waals surface area contributed by atoms with Gasteiger partial charge in [-0.25, -0.2) is 0 Å². The van der Waals surface area contributed by atoms with Gasteiger partial charge in [-0.1, -0.05) is 24.6 Å². The molecule has 2 nitrogen and oxygen atoms in total. The number of benzene rings is 1. The number of hydrogen-bond acceptors (Lipinski definition) is 2. The summed E-state index contributed by atoms with van der Waals surface area (Å²) in [7, 11) is 0. The SMILES string of the molecule is CCC1CC(Nc2cc(Cl)ccc2C)CCO1. The average Bonchev–Trinajstić information content (AvgIpc) is 2.34. The smallest absolute Gasteiger partial charge is 0.0592 e. The highest BCUT2D eigenvalue weighted by molar-refractivity contribution is 6.30. The maximum absolute atomic E-state index is 6.03. The molecule has 17 heavy (non-hydrogen) atoms. The molecule has 0 aliphatic carbocycles. The van der Waals surface area contributed by atoms with Crippen LogP contribution in [0, 0.1) is 6.92 Å². The predicted octanol–water partition coefficient (Wildman–Crippen LogP) is 4.02. The van der Waals surface area contributed by atoms with Crippen LogP contribution in [-0.4, -0.2) is 18.8 Å². The molecule has 0 saturated carbocycles. The minimum absolute atomic E-state index is 0.403. The van der Waals surface area contributed by atoms with E-state index in [4.69, 9.17) is 16.3 Å². The third-order valence-electron chi connectivity index (χ3n) is 3.38. The Bertz CT molecular complexity index is 380. The first-order chi connectivity index (χ1) is 8.19. The highest BCUT2D eigenvalue weighted by Gasteiger charge is 2.21. The number of hydrogen-bond donors (Lipinski definition) is 1. The van der Waals surface area contributed by atoms with E-state index < -0.39 is 0 Å². The van der Waals surface area contributed by atoms with Crippen LogP contribution in [0.15, 0.2) is 18.2 Å². The van der Waals surface area contributed by atoms with E-state index in [2.05, 4.69) is 25.2 Å². The first-order valence-electron chi connectivity index (χ1n) is 6.33. The van der Waals surface area contributed by atoms with Crippen molar-refractivity contribution in [2.45, 2.75) is 45.3 Å². The number of anilines is 1. The molecular formula is C14H20ClNO. The molecule has 2 rings (SSSR count). The fraction of sp³-hybridized carbons (Fsp3) is 0.571. The molecule has 0 radical (unpaired) electrons. The molecule has 2 unspecified atom stereocenters. The summed E-state index contributed by atoms with van der Waals surface area (Å²) in [6.07, 6.45) is 3.65. The first-order valence-corrected chi connectivity index (χ1v) is 6.71. The van der Waals surface area contributed by atoms with Crippen LogP contribution in [0.3, 0.4) is 0 Å². The Balaban J connectivity index is 2.02. The molecule has 1 heterocycles. The van der Waals surface area contributed by atoms with Crippen LogP contribution in [0.25, 0.3) is 0 Å². The van der Waals surface area contributed by atoms with Crippen LogP contribution in [0.5, 0.6) is 0 Å². The lowest BCUT2D eigenvalue weighted by Crippen LogP contribution is -2.33. The van der Waals surface area contributed by atoms with E-state index in [-0.39, 0.29) is 0 Å². The third-order valence-corrected chi connectivity index (χ3v) is 3.62. The third kappa shape index (κ3) is 3.36. The highest BCUT2D eigenvalue weighted by Crippen LogP contribution is 2.25. The van der Waals surface area contributed by atoms with E-state index >= 15 is 0 Å². The fourth-order valence-corrected chi connectivity index (χ4v) is 2.44. The van der Waals surface area contributed by atoms with E-state index in [1.165, 1.54) is 5.56 Å². The average molecular weight is 254 g/mol. The standard InChI is InChI=1S/C14H20ClNO/c1-3-13-9-12(6-7-17-13)16-14-8-11(15)5-4-10(14)2/h4-5,8,12-13,16H,3,6-7,9H2,1-2H3. The van der Waals surface area contributed by atoms with Crippen molar-refractivity contribution in [2.24, 2.45) is 0 Å². The van der Waals surface area contributed by atoms with Crippen LogP contribution in [0.2, 0.25) is 5.02 Å². The largest absolute Gasteiger partial charge is 0.382 e. The number of halogens is 1. The highest BCUT2D eigenvalue weighted by atomic mass is 35.5. The Hall–Kier alpha value is -0.730. The number of rotatable bonds is 3. The van der Waals surface area contributed by atoms with Gasteiger partial charge in [0.05, 0.1) is 6.10 Å². The van der Waals surface area contributed by atoms with Gasteiger partial charge in [-0.15, -0.1) is 0 Å². The minimum Gasteiger partial charge on any atom is -0.382 e. The molecule has 1 aromatic rings. The summed E-state index contributed by atoms with van der Waals surface area (Å²) < 4.78 is 5.68. The van der Waals surface area contributed by atoms with Crippen molar-refractivity contribution in [3.05, 3.63) is 28.8 Å². The molecule has 0 aromatic heterocycles. The van der Waals surface area contributed by atoms with Crippen LogP contribution in [-0.2, 0) is 4.74 Å². The molecule has 1 saturated heterocycles. The molecule has 1 N–H and O–H groups in total. The normalized spacial score (nSPS) is 24.6. The van der Waals surface area contributed by atoms with Crippen molar-refractivity contribution < 1.29 is 4.74 Å². The quantitative estimate of drug-likeness (QED) is 0.879. The number of ether oxygens (including phenoxy) is 1. The van der Waals surface area contributed by atoms with Crippen molar-refractivity contribution >= 4 is 17.3 Å². The molecule has 1 fully saturated rings. The fourth-order valence-electron chi connectivity index (χ4n) is 2.27. The van der Waals surface area contributed by atoms with Gasteiger partial charge in [0.1, 0.15) is 0 Å². The summed E-state index contributed by atoms with van der Waals surface area (Å²) in [6.45, 7) is 5.14. The molecular weight excluding hydrogens is 234 g/mol. The van der Waals surface area contributed by atoms with Gasteiger partial charge in [0, 0.05) is 23.4 Å². The van der Waals surface area contributed by atoms with Crippen molar-refractivity contribution in [3.63, 3.8) is 0 Å². The molecule has 94 valence electrons. The topological polar surface area (TPSA) is 21.3 Å². The Labute approximate surface area is 108 Å². The molecule has 0 spiro atoms. The lowest BCUT2D eigenvalue weighted by Gasteiger charge is -2.30. The monoisotopic (exact) mass is 253 g/mol. The Morgan fingerprint density at radius 1 is 1.47 bits per heavy atom. The van der Waals surface area contributed by atoms with Gasteiger partial charge in [0.25, 0.3) is 0 Å². The molecule has 0 bridgehead atoms. The van der Waals surface area contributed by atoms with Crippen LogP contribution < -0.4 is 5.32 Å². The second kappa shape index (κ2) is 5.74. The van der Waals surface area contributed by atoms with E-state index in [1.807, 2.05) is 12.1 Å². The lowest BCUT2D eigenvalue weighted by atomic mass is 10.0. The Morgan fingerprint density at radius 3 is 3.06 bits per heavy atom. The van der Waals surface area contributed by atoms with E-state index in [0.717, 1.165) is 36.6 Å². The zero-order chi connectivity index (χ0) is 12.3.